The van der Waals surface area contributed by atoms with Crippen molar-refractivity contribution < 1.29 is 9.53 Å². The van der Waals surface area contributed by atoms with Crippen molar-refractivity contribution in [2.75, 3.05) is 20.2 Å². The molecule has 1 aromatic heterocycles. The third kappa shape index (κ3) is 2.50. The normalized spacial score (nSPS) is 21.0. The van der Waals surface area contributed by atoms with Gasteiger partial charge in [0.15, 0.2) is 0 Å². The predicted octanol–water partition coefficient (Wildman–Crippen LogP) is 3.02. The SMILES string of the molecule is CCn1cnnc1C1CN(C(=O)c2cccc(OC)c2C)CC12CCC2. The molecule has 2 fully saturated rings. The fourth-order valence-electron chi connectivity index (χ4n) is 4.63. The zero-order chi connectivity index (χ0) is 18.3. The van der Waals surface area contributed by atoms with E-state index in [-0.39, 0.29) is 17.2 Å². The van der Waals surface area contributed by atoms with Crippen LogP contribution in [0.4, 0.5) is 0 Å². The van der Waals surface area contributed by atoms with Gasteiger partial charge in [0.05, 0.1) is 7.11 Å². The monoisotopic (exact) mass is 354 g/mol. The Kier molecular flexibility index (Phi) is 4.21. The summed E-state index contributed by atoms with van der Waals surface area (Å²) in [6.45, 7) is 6.44. The summed E-state index contributed by atoms with van der Waals surface area (Å²) < 4.78 is 7.51. The quantitative estimate of drug-likeness (QED) is 0.847. The van der Waals surface area contributed by atoms with Crippen molar-refractivity contribution in [3.05, 3.63) is 41.5 Å². The van der Waals surface area contributed by atoms with Crippen LogP contribution in [-0.4, -0.2) is 45.8 Å². The molecule has 6 nitrogen and oxygen atoms in total. The van der Waals surface area contributed by atoms with E-state index in [2.05, 4.69) is 21.7 Å². The number of hydrogen-bond acceptors (Lipinski definition) is 4. The standard InChI is InChI=1S/C20H26N4O2/c1-4-23-13-21-22-18(23)16-11-24(12-20(16)9-6-10-20)19(25)15-7-5-8-17(26-3)14(15)2/h5,7-8,13,16H,4,6,9-12H2,1-3H3. The molecular formula is C20H26N4O2. The summed E-state index contributed by atoms with van der Waals surface area (Å²) in [7, 11) is 1.64. The number of aryl methyl sites for hydroxylation is 1. The molecule has 0 radical (unpaired) electrons. The molecule has 26 heavy (non-hydrogen) atoms. The lowest BCUT2D eigenvalue weighted by atomic mass is 9.62. The smallest absolute Gasteiger partial charge is 0.254 e. The third-order valence-electron chi connectivity index (χ3n) is 6.32. The summed E-state index contributed by atoms with van der Waals surface area (Å²) in [6, 6.07) is 5.69. The van der Waals surface area contributed by atoms with Crippen molar-refractivity contribution in [3.8, 4) is 5.75 Å². The van der Waals surface area contributed by atoms with E-state index < -0.39 is 0 Å². The summed E-state index contributed by atoms with van der Waals surface area (Å²) in [5, 5.41) is 8.53. The van der Waals surface area contributed by atoms with Gasteiger partial charge in [0, 0.05) is 36.7 Å². The zero-order valence-electron chi connectivity index (χ0n) is 15.7. The molecule has 1 aromatic carbocycles. The Bertz CT molecular complexity index is 825. The predicted molar refractivity (Wildman–Crippen MR) is 98.4 cm³/mol. The topological polar surface area (TPSA) is 60.2 Å². The largest absolute Gasteiger partial charge is 0.496 e. The van der Waals surface area contributed by atoms with Gasteiger partial charge in [0.25, 0.3) is 5.91 Å². The maximum absolute atomic E-state index is 13.3. The fraction of sp³-hybridized carbons (Fsp3) is 0.550. The van der Waals surface area contributed by atoms with Crippen LogP contribution in [0.15, 0.2) is 24.5 Å². The van der Waals surface area contributed by atoms with Crippen LogP contribution in [0.3, 0.4) is 0 Å². The molecule has 6 heteroatoms. The van der Waals surface area contributed by atoms with Crippen LogP contribution in [0.25, 0.3) is 0 Å². The van der Waals surface area contributed by atoms with Crippen molar-refractivity contribution in [3.63, 3.8) is 0 Å². The van der Waals surface area contributed by atoms with Crippen molar-refractivity contribution in [2.24, 2.45) is 5.41 Å². The van der Waals surface area contributed by atoms with Gasteiger partial charge in [-0.05, 0) is 44.2 Å². The van der Waals surface area contributed by atoms with E-state index in [0.717, 1.165) is 48.6 Å². The molecule has 1 unspecified atom stereocenters. The van der Waals surface area contributed by atoms with Gasteiger partial charge >= 0.3 is 0 Å². The van der Waals surface area contributed by atoms with Crippen molar-refractivity contribution in [1.29, 1.82) is 0 Å². The van der Waals surface area contributed by atoms with Gasteiger partial charge in [0.1, 0.15) is 17.9 Å². The number of ether oxygens (including phenoxy) is 1. The summed E-state index contributed by atoms with van der Waals surface area (Å²) in [5.41, 5.74) is 1.81. The molecule has 1 spiro atoms. The molecule has 1 atom stereocenters. The number of amides is 1. The second kappa shape index (κ2) is 6.41. The van der Waals surface area contributed by atoms with Crippen LogP contribution in [0.1, 0.15) is 53.8 Å². The van der Waals surface area contributed by atoms with Gasteiger partial charge in [-0.2, -0.15) is 0 Å². The lowest BCUT2D eigenvalue weighted by Gasteiger charge is -2.42. The summed E-state index contributed by atoms with van der Waals surface area (Å²) >= 11 is 0. The first-order valence-electron chi connectivity index (χ1n) is 9.40. The van der Waals surface area contributed by atoms with Crippen molar-refractivity contribution in [1.82, 2.24) is 19.7 Å². The van der Waals surface area contributed by atoms with Gasteiger partial charge in [-0.25, -0.2) is 0 Å². The highest BCUT2D eigenvalue weighted by atomic mass is 16.5. The molecule has 1 saturated carbocycles. The molecule has 1 saturated heterocycles. The molecule has 1 aliphatic heterocycles. The summed E-state index contributed by atoms with van der Waals surface area (Å²) in [4.78, 5) is 15.3. The number of rotatable bonds is 4. The van der Waals surface area contributed by atoms with Crippen LogP contribution in [0.5, 0.6) is 5.75 Å². The van der Waals surface area contributed by atoms with E-state index in [1.54, 1.807) is 13.4 Å². The number of methoxy groups -OCH3 is 1. The third-order valence-corrected chi connectivity index (χ3v) is 6.32. The Morgan fingerprint density at radius 1 is 1.38 bits per heavy atom. The Morgan fingerprint density at radius 3 is 2.85 bits per heavy atom. The van der Waals surface area contributed by atoms with Crippen LogP contribution >= 0.6 is 0 Å². The number of carbonyl (C=O) groups is 1. The molecule has 138 valence electrons. The first kappa shape index (κ1) is 17.1. The van der Waals surface area contributed by atoms with E-state index in [1.807, 2.05) is 30.0 Å². The first-order chi connectivity index (χ1) is 12.6. The molecule has 2 heterocycles. The number of nitrogens with zero attached hydrogens (tertiary/aromatic N) is 4. The van der Waals surface area contributed by atoms with Crippen LogP contribution < -0.4 is 4.74 Å². The number of aromatic nitrogens is 3. The number of carbonyl (C=O) groups excluding carboxylic acids is 1. The van der Waals surface area contributed by atoms with Crippen molar-refractivity contribution in [2.45, 2.75) is 45.6 Å². The maximum Gasteiger partial charge on any atom is 0.254 e. The van der Waals surface area contributed by atoms with Crippen LogP contribution in [0.2, 0.25) is 0 Å². The Morgan fingerprint density at radius 2 is 2.19 bits per heavy atom. The van der Waals surface area contributed by atoms with E-state index in [9.17, 15) is 4.79 Å². The average molecular weight is 354 g/mol. The van der Waals surface area contributed by atoms with E-state index in [1.165, 1.54) is 6.42 Å². The van der Waals surface area contributed by atoms with E-state index in [0.29, 0.717) is 6.54 Å². The van der Waals surface area contributed by atoms with Gasteiger partial charge in [-0.15, -0.1) is 10.2 Å². The molecule has 2 aliphatic rings. The summed E-state index contributed by atoms with van der Waals surface area (Å²) in [6.07, 6.45) is 5.36. The number of benzene rings is 1. The van der Waals surface area contributed by atoms with Gasteiger partial charge in [-0.1, -0.05) is 12.5 Å². The van der Waals surface area contributed by atoms with Gasteiger partial charge in [-0.3, -0.25) is 4.79 Å². The van der Waals surface area contributed by atoms with Gasteiger partial charge < -0.3 is 14.2 Å². The van der Waals surface area contributed by atoms with Crippen LogP contribution in [0, 0.1) is 12.3 Å². The highest BCUT2D eigenvalue weighted by Gasteiger charge is 2.53. The fourth-order valence-corrected chi connectivity index (χ4v) is 4.63. The molecule has 4 rings (SSSR count). The van der Waals surface area contributed by atoms with Crippen molar-refractivity contribution >= 4 is 5.91 Å². The Hall–Kier alpha value is -2.37. The van der Waals surface area contributed by atoms with Gasteiger partial charge in [0.2, 0.25) is 0 Å². The number of likely N-dealkylation sites (tertiary alicyclic amines) is 1. The molecule has 2 aromatic rings. The minimum absolute atomic E-state index is 0.0951. The minimum Gasteiger partial charge on any atom is -0.496 e. The first-order valence-corrected chi connectivity index (χ1v) is 9.40. The Labute approximate surface area is 154 Å². The van der Waals surface area contributed by atoms with E-state index >= 15 is 0 Å². The zero-order valence-corrected chi connectivity index (χ0v) is 15.7. The molecule has 1 aliphatic carbocycles. The highest BCUT2D eigenvalue weighted by molar-refractivity contribution is 5.96. The minimum atomic E-state index is 0.0951. The Balaban J connectivity index is 1.64. The number of hydrogen-bond donors (Lipinski definition) is 0. The highest BCUT2D eigenvalue weighted by Crippen LogP contribution is 2.55. The molecular weight excluding hydrogens is 328 g/mol. The maximum atomic E-state index is 13.3. The lowest BCUT2D eigenvalue weighted by Crippen LogP contribution is -2.38. The molecule has 1 amide bonds. The summed E-state index contributed by atoms with van der Waals surface area (Å²) in [5.74, 6) is 2.16. The second-order valence-corrected chi connectivity index (χ2v) is 7.56. The molecule has 0 bridgehead atoms. The van der Waals surface area contributed by atoms with Crippen LogP contribution in [-0.2, 0) is 6.54 Å². The molecule has 0 N–H and O–H groups in total. The second-order valence-electron chi connectivity index (χ2n) is 7.56. The lowest BCUT2D eigenvalue weighted by molar-refractivity contribution is 0.0722. The average Bonchev–Trinajstić information content (AvgIpc) is 3.25. The van der Waals surface area contributed by atoms with E-state index in [4.69, 9.17) is 4.74 Å².